The molecule has 1 aliphatic carbocycles. The Morgan fingerprint density at radius 3 is 2.85 bits per heavy atom. The second-order valence-electron chi connectivity index (χ2n) is 7.09. The first-order valence-electron chi connectivity index (χ1n) is 9.13. The van der Waals surface area contributed by atoms with Crippen LogP contribution in [0.3, 0.4) is 0 Å². The van der Waals surface area contributed by atoms with Gasteiger partial charge in [0.1, 0.15) is 0 Å². The molecule has 2 aliphatic rings. The van der Waals surface area contributed by atoms with Crippen molar-refractivity contribution in [1.29, 1.82) is 0 Å². The lowest BCUT2D eigenvalue weighted by Gasteiger charge is -2.15. The van der Waals surface area contributed by atoms with Crippen LogP contribution >= 0.6 is 0 Å². The predicted octanol–water partition coefficient (Wildman–Crippen LogP) is 2.41. The van der Waals surface area contributed by atoms with Crippen molar-refractivity contribution in [1.82, 2.24) is 15.6 Å². The summed E-state index contributed by atoms with van der Waals surface area (Å²) < 4.78 is 51.2. The highest BCUT2D eigenvalue weighted by Crippen LogP contribution is 2.39. The van der Waals surface area contributed by atoms with Crippen LogP contribution in [-0.4, -0.2) is 43.1 Å². The Kier molecular flexibility index (Phi) is 6.08. The summed E-state index contributed by atoms with van der Waals surface area (Å²) in [6, 6.07) is 0.952. The highest BCUT2D eigenvalue weighted by Gasteiger charge is 2.39. The zero-order chi connectivity index (χ0) is 19.4. The van der Waals surface area contributed by atoms with Gasteiger partial charge in [0.2, 0.25) is 17.7 Å². The van der Waals surface area contributed by atoms with Gasteiger partial charge in [0, 0.05) is 24.9 Å². The van der Waals surface area contributed by atoms with Crippen LogP contribution < -0.4 is 20.1 Å². The number of hydrogen-bond donors (Lipinski definition) is 2. The number of rotatable bonds is 7. The molecule has 9 heteroatoms. The smallest absolute Gasteiger partial charge is 0.253 e. The number of methoxy groups -OCH3 is 1. The molecule has 2 atom stereocenters. The third kappa shape index (κ3) is 5.03. The van der Waals surface area contributed by atoms with Gasteiger partial charge in [-0.1, -0.05) is 0 Å². The molecule has 2 fully saturated rings. The summed E-state index contributed by atoms with van der Waals surface area (Å²) in [6.45, 7) is 0.849. The number of alkyl halides is 2. The van der Waals surface area contributed by atoms with E-state index in [0.717, 1.165) is 19.4 Å². The molecule has 1 aromatic heterocycles. The summed E-state index contributed by atoms with van der Waals surface area (Å²) >= 11 is 0. The Hall–Kier alpha value is -2.03. The molecule has 0 aromatic carbocycles. The van der Waals surface area contributed by atoms with E-state index in [0.29, 0.717) is 12.0 Å². The molecular weight excluding hydrogens is 363 g/mol. The maximum atomic E-state index is 14.3. The number of nitrogens with one attached hydrogen (secondary N) is 2. The fourth-order valence-electron chi connectivity index (χ4n) is 3.49. The molecule has 3 rings (SSSR count). The molecule has 2 heterocycles. The van der Waals surface area contributed by atoms with E-state index in [9.17, 15) is 18.0 Å². The van der Waals surface area contributed by atoms with E-state index in [2.05, 4.69) is 15.6 Å². The fraction of sp³-hybridized carbons (Fsp3) is 0.667. The van der Waals surface area contributed by atoms with Crippen LogP contribution in [0.4, 0.5) is 13.2 Å². The minimum atomic E-state index is -2.67. The molecule has 150 valence electrons. The number of hydrogen-bond acceptors (Lipinski definition) is 5. The summed E-state index contributed by atoms with van der Waals surface area (Å²) in [5.41, 5.74) is 0.376. The lowest BCUT2D eigenvalue weighted by atomic mass is 10.1. The number of nitrogens with zero attached hydrogens (tertiary/aromatic N) is 1. The van der Waals surface area contributed by atoms with E-state index in [1.54, 1.807) is 0 Å². The molecule has 27 heavy (non-hydrogen) atoms. The molecule has 1 aromatic rings. The van der Waals surface area contributed by atoms with E-state index < -0.39 is 11.7 Å². The average molecular weight is 387 g/mol. The zero-order valence-electron chi connectivity index (χ0n) is 15.2. The van der Waals surface area contributed by atoms with Crippen LogP contribution in [0.1, 0.15) is 37.7 Å². The summed E-state index contributed by atoms with van der Waals surface area (Å²) in [5.74, 6) is -4.03. The van der Waals surface area contributed by atoms with Crippen molar-refractivity contribution in [2.24, 2.45) is 5.92 Å². The van der Waals surface area contributed by atoms with Crippen LogP contribution in [-0.2, 0) is 11.3 Å². The van der Waals surface area contributed by atoms with Crippen molar-refractivity contribution in [3.8, 4) is 11.8 Å². The summed E-state index contributed by atoms with van der Waals surface area (Å²) in [4.78, 5) is 16.0. The lowest BCUT2D eigenvalue weighted by molar-refractivity contribution is -0.122. The molecule has 0 spiro atoms. The standard InChI is InChI=1S/C18H24F3N3O3/c1-26-16-12(9-23-15(25)14-3-2-6-22-14)7-13(19)17(24-16)27-10-11-4-5-18(20,21)8-11/h7,11,14,22H,2-6,8-10H2,1H3,(H,23,25)/t11-,14-/m0/s1. The van der Waals surface area contributed by atoms with Gasteiger partial charge in [-0.15, -0.1) is 0 Å². The molecule has 1 saturated carbocycles. The van der Waals surface area contributed by atoms with Crippen molar-refractivity contribution in [2.45, 2.75) is 50.6 Å². The molecule has 0 bridgehead atoms. The zero-order valence-corrected chi connectivity index (χ0v) is 15.2. The largest absolute Gasteiger partial charge is 0.481 e. The van der Waals surface area contributed by atoms with Crippen LogP contribution in [0.15, 0.2) is 6.07 Å². The number of ether oxygens (including phenoxy) is 2. The monoisotopic (exact) mass is 387 g/mol. The van der Waals surface area contributed by atoms with E-state index in [1.165, 1.54) is 13.2 Å². The number of carbonyl (C=O) groups is 1. The molecule has 6 nitrogen and oxygen atoms in total. The Balaban J connectivity index is 1.59. The lowest BCUT2D eigenvalue weighted by Crippen LogP contribution is -2.40. The minimum absolute atomic E-state index is 0.0217. The highest BCUT2D eigenvalue weighted by atomic mass is 19.3. The van der Waals surface area contributed by atoms with Gasteiger partial charge >= 0.3 is 0 Å². The number of amides is 1. The van der Waals surface area contributed by atoms with Crippen LogP contribution in [0.5, 0.6) is 11.8 Å². The minimum Gasteiger partial charge on any atom is -0.481 e. The second-order valence-corrected chi connectivity index (χ2v) is 7.09. The Morgan fingerprint density at radius 1 is 1.41 bits per heavy atom. The molecule has 0 unspecified atom stereocenters. The summed E-state index contributed by atoms with van der Waals surface area (Å²) in [5, 5.41) is 5.82. The molecule has 1 amide bonds. The van der Waals surface area contributed by atoms with Gasteiger partial charge < -0.3 is 20.1 Å². The van der Waals surface area contributed by atoms with Gasteiger partial charge in [0.15, 0.2) is 5.82 Å². The molecule has 1 saturated heterocycles. The normalized spacial score (nSPS) is 24.0. The first kappa shape index (κ1) is 19.7. The van der Waals surface area contributed by atoms with Gasteiger partial charge in [-0.05, 0) is 37.8 Å². The first-order chi connectivity index (χ1) is 12.9. The van der Waals surface area contributed by atoms with Crippen molar-refractivity contribution in [3.63, 3.8) is 0 Å². The second kappa shape index (κ2) is 8.33. The van der Waals surface area contributed by atoms with Crippen LogP contribution in [0.2, 0.25) is 0 Å². The number of aromatic nitrogens is 1. The van der Waals surface area contributed by atoms with Crippen LogP contribution in [0.25, 0.3) is 0 Å². The average Bonchev–Trinajstić information content (AvgIpc) is 3.28. The van der Waals surface area contributed by atoms with Gasteiger partial charge in [-0.2, -0.15) is 4.98 Å². The number of pyridine rings is 1. The topological polar surface area (TPSA) is 72.5 Å². The molecule has 0 radical (unpaired) electrons. The van der Waals surface area contributed by atoms with Crippen molar-refractivity contribution < 1.29 is 27.4 Å². The third-order valence-corrected chi connectivity index (χ3v) is 4.97. The SMILES string of the molecule is COc1nc(OC[C@H]2CCC(F)(F)C2)c(F)cc1CNC(=O)[C@@H]1CCCN1. The van der Waals surface area contributed by atoms with E-state index in [4.69, 9.17) is 9.47 Å². The predicted molar refractivity (Wildman–Crippen MR) is 91.4 cm³/mol. The molecule has 2 N–H and O–H groups in total. The van der Waals surface area contributed by atoms with E-state index >= 15 is 0 Å². The van der Waals surface area contributed by atoms with Gasteiger partial charge in [0.05, 0.1) is 19.8 Å². The number of carbonyl (C=O) groups excluding carboxylic acids is 1. The van der Waals surface area contributed by atoms with Gasteiger partial charge in [0.25, 0.3) is 5.88 Å². The Bertz CT molecular complexity index is 681. The fourth-order valence-corrected chi connectivity index (χ4v) is 3.49. The van der Waals surface area contributed by atoms with E-state index in [-0.39, 0.29) is 55.6 Å². The van der Waals surface area contributed by atoms with E-state index in [1.807, 2.05) is 0 Å². The summed E-state index contributed by atoms with van der Waals surface area (Å²) in [7, 11) is 1.38. The maximum absolute atomic E-state index is 14.3. The Morgan fingerprint density at radius 2 is 2.22 bits per heavy atom. The first-order valence-corrected chi connectivity index (χ1v) is 9.13. The van der Waals surface area contributed by atoms with Gasteiger partial charge in [-0.25, -0.2) is 13.2 Å². The maximum Gasteiger partial charge on any atom is 0.253 e. The Labute approximate surface area is 155 Å². The van der Waals surface area contributed by atoms with Crippen LogP contribution in [0, 0.1) is 11.7 Å². The quantitative estimate of drug-likeness (QED) is 0.752. The third-order valence-electron chi connectivity index (χ3n) is 4.97. The van der Waals surface area contributed by atoms with Crippen molar-refractivity contribution >= 4 is 5.91 Å². The summed E-state index contributed by atoms with van der Waals surface area (Å²) in [6.07, 6.45) is 1.62. The van der Waals surface area contributed by atoms with Gasteiger partial charge in [-0.3, -0.25) is 4.79 Å². The highest BCUT2D eigenvalue weighted by molar-refractivity contribution is 5.82. The number of halogens is 3. The molecule has 1 aliphatic heterocycles. The van der Waals surface area contributed by atoms with Crippen molar-refractivity contribution in [3.05, 3.63) is 17.4 Å². The van der Waals surface area contributed by atoms with Crippen molar-refractivity contribution in [2.75, 3.05) is 20.3 Å². The molecular formula is C18H24F3N3O3.